The average Bonchev–Trinajstić information content (AvgIpc) is 3.46. The zero-order chi connectivity index (χ0) is 23.1. The van der Waals surface area contributed by atoms with Gasteiger partial charge in [-0.1, -0.05) is 24.5 Å². The monoisotopic (exact) mass is 443 g/mol. The van der Waals surface area contributed by atoms with Gasteiger partial charge in [0.05, 0.1) is 25.4 Å². The highest BCUT2D eigenvalue weighted by molar-refractivity contribution is 5.85. The molecule has 0 bridgehead atoms. The van der Waals surface area contributed by atoms with Gasteiger partial charge in [-0.2, -0.15) is 0 Å². The van der Waals surface area contributed by atoms with E-state index in [9.17, 15) is 4.79 Å². The molecule has 2 fully saturated rings. The first kappa shape index (κ1) is 24.3. The van der Waals surface area contributed by atoms with E-state index in [2.05, 4.69) is 24.9 Å². The van der Waals surface area contributed by atoms with Crippen molar-refractivity contribution in [3.63, 3.8) is 0 Å². The summed E-state index contributed by atoms with van der Waals surface area (Å²) in [7, 11) is 3.46. The summed E-state index contributed by atoms with van der Waals surface area (Å²) in [4.78, 5) is 13.6. The van der Waals surface area contributed by atoms with Crippen LogP contribution >= 0.6 is 0 Å². The highest BCUT2D eigenvalue weighted by Crippen LogP contribution is 2.41. The molecule has 2 aliphatic rings. The Bertz CT molecular complexity index is 914. The molecule has 1 saturated carbocycles. The lowest BCUT2D eigenvalue weighted by atomic mass is 9.83. The van der Waals surface area contributed by atoms with Gasteiger partial charge in [0.15, 0.2) is 0 Å². The number of hydrogen-bond acceptors (Lipinski definition) is 4. The van der Waals surface area contributed by atoms with Crippen LogP contribution in [0, 0.1) is 5.92 Å². The van der Waals surface area contributed by atoms with E-state index < -0.39 is 5.97 Å². The van der Waals surface area contributed by atoms with Crippen LogP contribution in [0.25, 0.3) is 10.9 Å². The number of aromatic nitrogens is 1. The normalized spacial score (nSPS) is 24.4. The van der Waals surface area contributed by atoms with Gasteiger partial charge >= 0.3 is 5.97 Å². The van der Waals surface area contributed by atoms with Crippen LogP contribution in [0.4, 0.5) is 0 Å². The minimum absolute atomic E-state index is 0.143. The number of fused-ring (bicyclic) bond motifs is 1. The van der Waals surface area contributed by atoms with Crippen molar-refractivity contribution in [3.05, 3.63) is 41.6 Å². The van der Waals surface area contributed by atoms with Gasteiger partial charge in [0.2, 0.25) is 0 Å². The van der Waals surface area contributed by atoms with Crippen molar-refractivity contribution in [2.75, 3.05) is 14.2 Å². The van der Waals surface area contributed by atoms with Gasteiger partial charge in [0.25, 0.3) is 0 Å². The Hall–Kier alpha value is -2.31. The van der Waals surface area contributed by atoms with Crippen LogP contribution in [0.1, 0.15) is 57.9 Å². The Balaban J connectivity index is 0.000000181. The van der Waals surface area contributed by atoms with Gasteiger partial charge in [0, 0.05) is 36.5 Å². The number of nitrogens with one attached hydrogen (secondary N) is 1. The van der Waals surface area contributed by atoms with Crippen LogP contribution in [-0.4, -0.2) is 48.6 Å². The number of hydrogen-bond donors (Lipinski definition) is 2. The van der Waals surface area contributed by atoms with Gasteiger partial charge in [-0.3, -0.25) is 4.79 Å². The molecule has 32 heavy (non-hydrogen) atoms. The minimum Gasteiger partial charge on any atom is -0.497 e. The smallest absolute Gasteiger partial charge is 0.303 e. The molecule has 2 aromatic rings. The number of aromatic amines is 1. The molecule has 0 amide bonds. The number of carboxylic acid groups (broad SMARTS) is 1. The van der Waals surface area contributed by atoms with Crippen LogP contribution in [0.15, 0.2) is 36.0 Å². The largest absolute Gasteiger partial charge is 0.497 e. The zero-order valence-corrected chi connectivity index (χ0v) is 19.7. The van der Waals surface area contributed by atoms with Crippen LogP contribution in [0.5, 0.6) is 5.75 Å². The molecule has 2 N–H and O–H groups in total. The van der Waals surface area contributed by atoms with Gasteiger partial charge < -0.3 is 24.3 Å². The molecule has 2 heterocycles. The average molecular weight is 444 g/mol. The topological polar surface area (TPSA) is 84.1 Å². The predicted molar refractivity (Wildman–Crippen MR) is 126 cm³/mol. The maximum absolute atomic E-state index is 10.5. The molecule has 4 rings (SSSR count). The quantitative estimate of drug-likeness (QED) is 0.415. The van der Waals surface area contributed by atoms with Gasteiger partial charge in [-0.25, -0.2) is 0 Å². The first-order valence-corrected chi connectivity index (χ1v) is 11.6. The number of methoxy groups -OCH3 is 2. The number of carboxylic acids is 1. The Morgan fingerprint density at radius 2 is 2.03 bits per heavy atom. The number of carbonyl (C=O) groups is 1. The van der Waals surface area contributed by atoms with E-state index in [1.165, 1.54) is 31.3 Å². The number of epoxide rings is 1. The van der Waals surface area contributed by atoms with Crippen LogP contribution in [-0.2, 0) is 20.7 Å². The van der Waals surface area contributed by atoms with Crippen molar-refractivity contribution in [1.82, 2.24) is 4.98 Å². The van der Waals surface area contributed by atoms with Gasteiger partial charge in [-0.05, 0) is 63.3 Å². The summed E-state index contributed by atoms with van der Waals surface area (Å²) in [6.07, 6.45) is 12.5. The summed E-state index contributed by atoms with van der Waals surface area (Å²) in [6, 6.07) is 5.72. The molecule has 1 aromatic carbocycles. The maximum Gasteiger partial charge on any atom is 0.303 e. The number of ether oxygens (including phenoxy) is 3. The number of rotatable bonds is 8. The van der Waals surface area contributed by atoms with Gasteiger partial charge in [0.1, 0.15) is 5.75 Å². The van der Waals surface area contributed by atoms with Gasteiger partial charge in [-0.15, -0.1) is 0 Å². The van der Waals surface area contributed by atoms with E-state index in [1.807, 2.05) is 31.5 Å². The molecular formula is C26H37NO5. The van der Waals surface area contributed by atoms with Crippen molar-refractivity contribution in [2.45, 2.75) is 77.1 Å². The third-order valence-electron chi connectivity index (χ3n) is 6.44. The second kappa shape index (κ2) is 11.5. The third-order valence-corrected chi connectivity index (χ3v) is 6.44. The lowest BCUT2D eigenvalue weighted by Crippen LogP contribution is -2.31. The molecule has 4 atom stereocenters. The molecule has 0 spiro atoms. The predicted octanol–water partition coefficient (Wildman–Crippen LogP) is 5.51. The summed E-state index contributed by atoms with van der Waals surface area (Å²) in [5, 5.41) is 9.68. The first-order chi connectivity index (χ1) is 15.4. The van der Waals surface area contributed by atoms with Crippen LogP contribution in [0.3, 0.4) is 0 Å². The molecule has 0 radical (unpaired) electrons. The summed E-state index contributed by atoms with van der Waals surface area (Å²) in [5.41, 5.74) is 3.40. The summed E-state index contributed by atoms with van der Waals surface area (Å²) in [6.45, 7) is 4.30. The highest BCUT2D eigenvalue weighted by atomic mass is 16.6. The second-order valence-electron chi connectivity index (χ2n) is 9.00. The fourth-order valence-corrected chi connectivity index (χ4v) is 4.60. The molecule has 1 saturated heterocycles. The maximum atomic E-state index is 10.5. The molecule has 6 nitrogen and oxygen atoms in total. The number of allylic oxidation sites excluding steroid dienone is 1. The molecule has 1 aliphatic carbocycles. The molecular weight excluding hydrogens is 406 g/mol. The van der Waals surface area contributed by atoms with Crippen molar-refractivity contribution < 1.29 is 24.1 Å². The number of aryl methyl sites for hydroxylation is 1. The third kappa shape index (κ3) is 6.59. The van der Waals surface area contributed by atoms with Crippen molar-refractivity contribution in [2.24, 2.45) is 5.92 Å². The minimum atomic E-state index is -0.780. The molecule has 4 unspecified atom stereocenters. The molecule has 6 heteroatoms. The summed E-state index contributed by atoms with van der Waals surface area (Å²) < 4.78 is 16.5. The van der Waals surface area contributed by atoms with Crippen LogP contribution in [0.2, 0.25) is 0 Å². The van der Waals surface area contributed by atoms with Crippen molar-refractivity contribution in [3.8, 4) is 5.75 Å². The second-order valence-corrected chi connectivity index (χ2v) is 9.00. The highest BCUT2D eigenvalue weighted by Gasteiger charge is 2.47. The lowest BCUT2D eigenvalue weighted by Gasteiger charge is -2.29. The fraction of sp³-hybridized carbons (Fsp3) is 0.577. The van der Waals surface area contributed by atoms with Crippen molar-refractivity contribution >= 4 is 16.9 Å². The summed E-state index contributed by atoms with van der Waals surface area (Å²) >= 11 is 0. The molecule has 1 aromatic heterocycles. The Labute approximate surface area is 190 Å². The van der Waals surface area contributed by atoms with E-state index in [1.54, 1.807) is 7.11 Å². The SMILES string of the molecule is COC1CCCCC1C1OC1CC=C(C)C.COc1ccc2[nH]cc(CCC(=O)O)c2c1. The first-order valence-electron chi connectivity index (χ1n) is 11.6. The Kier molecular flexibility index (Phi) is 8.76. The van der Waals surface area contributed by atoms with Crippen molar-refractivity contribution in [1.29, 1.82) is 0 Å². The molecule has 176 valence electrons. The number of H-pyrrole nitrogens is 1. The van der Waals surface area contributed by atoms with Crippen LogP contribution < -0.4 is 4.74 Å². The molecule has 1 aliphatic heterocycles. The number of aliphatic carboxylic acids is 1. The van der Waals surface area contributed by atoms with E-state index in [4.69, 9.17) is 19.3 Å². The zero-order valence-electron chi connectivity index (χ0n) is 19.7. The summed E-state index contributed by atoms with van der Waals surface area (Å²) in [5.74, 6) is 0.648. The number of benzene rings is 1. The van der Waals surface area contributed by atoms with E-state index >= 15 is 0 Å². The van der Waals surface area contributed by atoms with E-state index in [-0.39, 0.29) is 6.42 Å². The van der Waals surface area contributed by atoms with E-state index in [0.717, 1.165) is 28.6 Å². The Morgan fingerprint density at radius 1 is 1.25 bits per heavy atom. The lowest BCUT2D eigenvalue weighted by molar-refractivity contribution is -0.136. The fourth-order valence-electron chi connectivity index (χ4n) is 4.60. The Morgan fingerprint density at radius 3 is 2.72 bits per heavy atom. The standard InChI is InChI=1S/C14H24O2.C12H13NO3/c1-10(2)8-9-13-14(16-13)11-6-4-5-7-12(11)15-3;1-16-9-3-4-11-10(6-9)8(7-13-11)2-5-12(14)15/h8,11-14H,4-7,9H2,1-3H3;3-4,6-7,13H,2,5H2,1H3,(H,14,15). The van der Waals surface area contributed by atoms with E-state index in [0.29, 0.717) is 30.7 Å².